The number of hydrogen-bond donors (Lipinski definition) is 3. The van der Waals surface area contributed by atoms with Crippen molar-refractivity contribution in [3.63, 3.8) is 0 Å². The first-order valence-electron chi connectivity index (χ1n) is 20.9. The maximum atomic E-state index is 13.4. The van der Waals surface area contributed by atoms with E-state index in [-0.39, 0.29) is 51.7 Å². The molecule has 3 aliphatic rings. The second kappa shape index (κ2) is 17.5. The summed E-state index contributed by atoms with van der Waals surface area (Å²) in [7, 11) is -5.72. The fourth-order valence-electron chi connectivity index (χ4n) is 10.2. The molecule has 1 unspecified atom stereocenters. The zero-order valence-electron chi connectivity index (χ0n) is 37.0. The van der Waals surface area contributed by atoms with Crippen molar-refractivity contribution in [1.29, 1.82) is 0 Å². The second-order valence-electron chi connectivity index (χ2n) is 19.3. The molecule has 0 bridgehead atoms. The van der Waals surface area contributed by atoms with Crippen LogP contribution in [0.4, 0.5) is 4.79 Å². The van der Waals surface area contributed by atoms with Gasteiger partial charge in [0.2, 0.25) is 14.2 Å². The number of carbonyl (C=O) groups is 3. The Labute approximate surface area is 347 Å². The molecule has 0 saturated carbocycles. The number of rotatable bonds is 13. The van der Waals surface area contributed by atoms with Crippen LogP contribution in [0.1, 0.15) is 114 Å². The van der Waals surface area contributed by atoms with Gasteiger partial charge in [-0.25, -0.2) is 9.59 Å². The molecule has 5 rings (SSSR count). The van der Waals surface area contributed by atoms with Gasteiger partial charge in [0.25, 0.3) is 0 Å². The SMILES string of the molecule is CC(=O)N[C@H]1[C@@H](OC(C)[C@H](NC(=O)OCC2c3ccccc3-c3ccccc32)C(=O)O)O[C@@H]2CO[Si](C(C)(C)C)(C(C)(C)C)O[C@@H]2[C@@H]1O[Si](C(C)C)(C(C)C)C(C)C. The van der Waals surface area contributed by atoms with Crippen molar-refractivity contribution in [2.75, 3.05) is 13.2 Å². The molecule has 2 aliphatic heterocycles. The number of carboxylic acids is 1. The van der Waals surface area contributed by atoms with E-state index in [4.69, 9.17) is 27.5 Å². The second-order valence-corrected chi connectivity index (χ2v) is 29.5. The van der Waals surface area contributed by atoms with Crippen LogP contribution in [-0.2, 0) is 37.1 Å². The Morgan fingerprint density at radius 3 is 1.84 bits per heavy atom. The van der Waals surface area contributed by atoms with Crippen LogP contribution >= 0.6 is 0 Å². The average Bonchev–Trinajstić information content (AvgIpc) is 3.44. The van der Waals surface area contributed by atoms with Crippen molar-refractivity contribution in [3.05, 3.63) is 59.7 Å². The van der Waals surface area contributed by atoms with Gasteiger partial charge in [0.15, 0.2) is 12.3 Å². The number of hydrogen-bond acceptors (Lipinski definition) is 9. The molecule has 2 aromatic rings. The predicted octanol–water partition coefficient (Wildman–Crippen LogP) is 8.63. The van der Waals surface area contributed by atoms with E-state index in [1.165, 1.54) is 6.92 Å². The number of benzene rings is 2. The third-order valence-electron chi connectivity index (χ3n) is 12.5. The fourth-order valence-corrected chi connectivity index (χ4v) is 20.8. The number of carbonyl (C=O) groups excluding carboxylic acids is 2. The van der Waals surface area contributed by atoms with Crippen molar-refractivity contribution in [2.24, 2.45) is 0 Å². The topological polar surface area (TPSA) is 151 Å². The quantitative estimate of drug-likeness (QED) is 0.167. The maximum absolute atomic E-state index is 13.4. The third-order valence-corrected chi connectivity index (χ3v) is 23.7. The summed E-state index contributed by atoms with van der Waals surface area (Å²) in [5, 5.41) is 15.4. The van der Waals surface area contributed by atoms with E-state index < -0.39 is 71.7 Å². The van der Waals surface area contributed by atoms with Gasteiger partial charge in [0.05, 0.1) is 18.8 Å². The minimum absolute atomic E-state index is 0.0149. The molecule has 14 heteroatoms. The highest BCUT2D eigenvalue weighted by Gasteiger charge is 2.66. The van der Waals surface area contributed by atoms with E-state index in [0.29, 0.717) is 0 Å². The van der Waals surface area contributed by atoms with Gasteiger partial charge in [-0.1, -0.05) is 132 Å². The van der Waals surface area contributed by atoms with Crippen LogP contribution in [0.5, 0.6) is 0 Å². The molecule has 0 radical (unpaired) electrons. The van der Waals surface area contributed by atoms with E-state index in [1.54, 1.807) is 6.92 Å². The Kier molecular flexibility index (Phi) is 13.8. The molecule has 7 atom stereocenters. The number of carboxylic acid groups (broad SMARTS) is 1. The molecule has 0 aromatic heterocycles. The van der Waals surface area contributed by atoms with Crippen molar-refractivity contribution in [1.82, 2.24) is 10.6 Å². The summed E-state index contributed by atoms with van der Waals surface area (Å²) in [5.41, 5.74) is 4.85. The Morgan fingerprint density at radius 2 is 1.38 bits per heavy atom. The zero-order chi connectivity index (χ0) is 43.1. The molecular weight excluding hydrogens is 773 g/mol. The first-order chi connectivity index (χ1) is 27.0. The van der Waals surface area contributed by atoms with Gasteiger partial charge in [-0.3, -0.25) is 4.79 Å². The average molecular weight is 841 g/mol. The monoisotopic (exact) mass is 840 g/mol. The van der Waals surface area contributed by atoms with Gasteiger partial charge in [-0.15, -0.1) is 0 Å². The van der Waals surface area contributed by atoms with Crippen LogP contribution < -0.4 is 10.6 Å². The lowest BCUT2D eigenvalue weighted by atomic mass is 9.96. The molecule has 322 valence electrons. The standard InChI is InChI=1S/C44H68N2O10Si2/c1-25(2)57(26(3)4,27(5)6)55-39-37(45-29(8)47)41(54-35-24-52-58(43(9,10)11,44(12,13)14)56-38(35)39)53-28(7)36(40(48)49)46-42(50)51-23-34-32-21-17-15-19-30(32)31-20-16-18-22-33(31)34/h15-22,25-28,34-39,41H,23-24H2,1-14H3,(H,45,47)(H,46,50)(H,48,49)/t28?,35-,36+,37-,38+,39-,41+/m1/s1. The predicted molar refractivity (Wildman–Crippen MR) is 228 cm³/mol. The number of nitrogens with one attached hydrogen (secondary N) is 2. The van der Waals surface area contributed by atoms with Crippen LogP contribution in [-0.4, -0.2) is 96.0 Å². The van der Waals surface area contributed by atoms with Gasteiger partial charge >= 0.3 is 20.6 Å². The Hall–Kier alpha value is -3.12. The molecule has 1 aliphatic carbocycles. The van der Waals surface area contributed by atoms with Gasteiger partial charge in [-0.05, 0) is 45.8 Å². The summed E-state index contributed by atoms with van der Waals surface area (Å²) in [4.78, 5) is 39.3. The van der Waals surface area contributed by atoms with Crippen molar-refractivity contribution in [2.45, 2.75) is 172 Å². The Morgan fingerprint density at radius 1 is 0.862 bits per heavy atom. The van der Waals surface area contributed by atoms with Gasteiger partial charge in [0.1, 0.15) is 24.9 Å². The van der Waals surface area contributed by atoms with Crippen LogP contribution in [0.25, 0.3) is 11.1 Å². The zero-order valence-corrected chi connectivity index (χ0v) is 39.0. The Bertz CT molecular complexity index is 1710. The largest absolute Gasteiger partial charge is 0.480 e. The molecule has 0 spiro atoms. The number of ether oxygens (including phenoxy) is 3. The van der Waals surface area contributed by atoms with Crippen molar-refractivity contribution in [3.8, 4) is 11.1 Å². The molecular formula is C44H68N2O10Si2. The van der Waals surface area contributed by atoms with Crippen LogP contribution in [0, 0.1) is 0 Å². The van der Waals surface area contributed by atoms with Crippen LogP contribution in [0.15, 0.2) is 48.5 Å². The summed E-state index contributed by atoms with van der Waals surface area (Å²) >= 11 is 0. The molecule has 2 amide bonds. The van der Waals surface area contributed by atoms with Crippen molar-refractivity contribution >= 4 is 34.8 Å². The number of amides is 2. The highest BCUT2D eigenvalue weighted by atomic mass is 28.4. The number of alkyl carbamates (subject to hydrolysis) is 1. The van der Waals surface area contributed by atoms with Gasteiger partial charge in [0, 0.05) is 22.9 Å². The van der Waals surface area contributed by atoms with E-state index >= 15 is 0 Å². The summed E-state index contributed by atoms with van der Waals surface area (Å²) in [6.07, 6.45) is -5.22. The minimum atomic E-state index is -3.06. The highest BCUT2D eigenvalue weighted by molar-refractivity contribution is 6.77. The van der Waals surface area contributed by atoms with E-state index in [2.05, 4.69) is 93.7 Å². The summed E-state index contributed by atoms with van der Waals surface area (Å²) in [5.74, 6) is -1.85. The summed E-state index contributed by atoms with van der Waals surface area (Å²) < 4.78 is 40.7. The summed E-state index contributed by atoms with van der Waals surface area (Å²) in [6.45, 7) is 29.3. The number of fused-ring (bicyclic) bond motifs is 4. The van der Waals surface area contributed by atoms with E-state index in [0.717, 1.165) is 22.3 Å². The molecule has 12 nitrogen and oxygen atoms in total. The number of aliphatic carboxylic acids is 1. The normalized spacial score (nSPS) is 24.5. The molecule has 2 fully saturated rings. The lowest BCUT2D eigenvalue weighted by molar-refractivity contribution is -0.288. The molecule has 3 N–H and O–H groups in total. The fraction of sp³-hybridized carbons (Fsp3) is 0.659. The van der Waals surface area contributed by atoms with Gasteiger partial charge in [-0.2, -0.15) is 0 Å². The van der Waals surface area contributed by atoms with Gasteiger partial charge < -0.3 is 43.2 Å². The van der Waals surface area contributed by atoms with Crippen LogP contribution in [0.2, 0.25) is 26.7 Å². The highest BCUT2D eigenvalue weighted by Crippen LogP contribution is 2.56. The molecule has 2 heterocycles. The Balaban J connectivity index is 1.44. The van der Waals surface area contributed by atoms with Crippen LogP contribution in [0.3, 0.4) is 0 Å². The minimum Gasteiger partial charge on any atom is -0.480 e. The maximum Gasteiger partial charge on any atom is 0.407 e. The first kappa shape index (κ1) is 46.0. The van der Waals surface area contributed by atoms with E-state index in [1.807, 2.05) is 48.5 Å². The molecule has 2 aromatic carbocycles. The first-order valence-corrected chi connectivity index (χ1v) is 24.8. The molecule has 58 heavy (non-hydrogen) atoms. The van der Waals surface area contributed by atoms with Crippen molar-refractivity contribution < 1.29 is 47.0 Å². The lowest BCUT2D eigenvalue weighted by Gasteiger charge is -2.59. The smallest absolute Gasteiger partial charge is 0.407 e. The summed E-state index contributed by atoms with van der Waals surface area (Å²) in [6, 6.07) is 13.6. The molecule has 2 saturated heterocycles. The van der Waals surface area contributed by atoms with E-state index in [9.17, 15) is 19.5 Å². The lowest BCUT2D eigenvalue weighted by Crippen LogP contribution is -2.75. The third kappa shape index (κ3) is 8.70.